The van der Waals surface area contributed by atoms with E-state index in [0.717, 1.165) is 34.7 Å². The summed E-state index contributed by atoms with van der Waals surface area (Å²) in [6.45, 7) is 5.17. The van der Waals surface area contributed by atoms with Crippen molar-refractivity contribution in [1.29, 1.82) is 0 Å². The maximum atomic E-state index is 11.5. The zero-order valence-electron chi connectivity index (χ0n) is 12.9. The standard InChI is InChI=1S/C17H23BrO3/c1-11-6-12(2)8-15(7-11)21-10-14-5-4-13(9-16(14)18)17(19)20-3/h4-5,9,11-12,15H,6-8,10H2,1-3H3. The molecule has 0 aliphatic heterocycles. The molecule has 1 aromatic rings. The van der Waals surface area contributed by atoms with E-state index in [2.05, 4.69) is 29.8 Å². The topological polar surface area (TPSA) is 35.5 Å². The maximum Gasteiger partial charge on any atom is 0.337 e. The summed E-state index contributed by atoms with van der Waals surface area (Å²) in [4.78, 5) is 11.5. The van der Waals surface area contributed by atoms with Crippen LogP contribution in [0.4, 0.5) is 0 Å². The van der Waals surface area contributed by atoms with Crippen LogP contribution in [0.2, 0.25) is 0 Å². The van der Waals surface area contributed by atoms with E-state index in [0.29, 0.717) is 18.3 Å². The molecule has 3 nitrogen and oxygen atoms in total. The highest BCUT2D eigenvalue weighted by atomic mass is 79.9. The normalized spacial score (nSPS) is 25.6. The lowest BCUT2D eigenvalue weighted by atomic mass is 9.82. The van der Waals surface area contributed by atoms with Crippen molar-refractivity contribution in [3.05, 3.63) is 33.8 Å². The van der Waals surface area contributed by atoms with Gasteiger partial charge in [0.1, 0.15) is 0 Å². The van der Waals surface area contributed by atoms with Gasteiger partial charge in [-0.25, -0.2) is 4.79 Å². The monoisotopic (exact) mass is 354 g/mol. The molecule has 0 aromatic heterocycles. The molecule has 0 radical (unpaired) electrons. The van der Waals surface area contributed by atoms with Crippen LogP contribution in [0.5, 0.6) is 0 Å². The first-order valence-corrected chi connectivity index (χ1v) is 8.27. The summed E-state index contributed by atoms with van der Waals surface area (Å²) < 4.78 is 11.7. The molecule has 1 saturated carbocycles. The number of carbonyl (C=O) groups excluding carboxylic acids is 1. The van der Waals surface area contributed by atoms with Crippen molar-refractivity contribution in [2.24, 2.45) is 11.8 Å². The van der Waals surface area contributed by atoms with Gasteiger partial charge in [-0.2, -0.15) is 0 Å². The van der Waals surface area contributed by atoms with E-state index in [1.807, 2.05) is 6.07 Å². The minimum atomic E-state index is -0.321. The van der Waals surface area contributed by atoms with Gasteiger partial charge in [0.05, 0.1) is 25.4 Å². The zero-order chi connectivity index (χ0) is 15.4. The number of halogens is 1. The van der Waals surface area contributed by atoms with Gasteiger partial charge in [0.2, 0.25) is 0 Å². The molecular weight excluding hydrogens is 332 g/mol. The van der Waals surface area contributed by atoms with Crippen molar-refractivity contribution in [3.8, 4) is 0 Å². The van der Waals surface area contributed by atoms with Crippen molar-refractivity contribution in [2.75, 3.05) is 7.11 Å². The minimum Gasteiger partial charge on any atom is -0.465 e. The summed E-state index contributed by atoms with van der Waals surface area (Å²) in [6.07, 6.45) is 3.93. The molecular formula is C17H23BrO3. The van der Waals surface area contributed by atoms with Crippen LogP contribution in [-0.2, 0) is 16.1 Å². The van der Waals surface area contributed by atoms with Gasteiger partial charge in [-0.05, 0) is 48.8 Å². The molecule has 4 heteroatoms. The number of benzene rings is 1. The third kappa shape index (κ3) is 4.55. The number of carbonyl (C=O) groups is 1. The molecule has 0 saturated heterocycles. The van der Waals surface area contributed by atoms with Crippen LogP contribution in [0.25, 0.3) is 0 Å². The Hall–Kier alpha value is -0.870. The molecule has 1 aliphatic carbocycles. The molecule has 0 amide bonds. The van der Waals surface area contributed by atoms with Crippen molar-refractivity contribution < 1.29 is 14.3 Å². The first-order valence-electron chi connectivity index (χ1n) is 7.48. The molecule has 116 valence electrons. The molecule has 0 bridgehead atoms. The molecule has 1 aliphatic rings. The molecule has 2 atom stereocenters. The molecule has 2 rings (SSSR count). The van der Waals surface area contributed by atoms with E-state index >= 15 is 0 Å². The predicted octanol–water partition coefficient (Wildman–Crippen LogP) is 4.58. The number of ether oxygens (including phenoxy) is 2. The molecule has 2 unspecified atom stereocenters. The Morgan fingerprint density at radius 2 is 1.90 bits per heavy atom. The smallest absolute Gasteiger partial charge is 0.337 e. The summed E-state index contributed by atoms with van der Waals surface area (Å²) >= 11 is 3.51. The van der Waals surface area contributed by atoms with E-state index in [1.54, 1.807) is 12.1 Å². The van der Waals surface area contributed by atoms with Crippen LogP contribution in [0.15, 0.2) is 22.7 Å². The van der Waals surface area contributed by atoms with Gasteiger partial charge < -0.3 is 9.47 Å². The molecule has 1 aromatic carbocycles. The lowest BCUT2D eigenvalue weighted by Gasteiger charge is -2.31. The van der Waals surface area contributed by atoms with E-state index in [-0.39, 0.29) is 5.97 Å². The second-order valence-electron chi connectivity index (χ2n) is 6.15. The molecule has 0 N–H and O–H groups in total. The van der Waals surface area contributed by atoms with E-state index in [1.165, 1.54) is 13.5 Å². The highest BCUT2D eigenvalue weighted by Gasteiger charge is 2.24. The number of rotatable bonds is 4. The summed E-state index contributed by atoms with van der Waals surface area (Å²) in [5, 5.41) is 0. The van der Waals surface area contributed by atoms with Gasteiger partial charge in [-0.1, -0.05) is 35.8 Å². The average Bonchev–Trinajstić information content (AvgIpc) is 2.44. The summed E-state index contributed by atoms with van der Waals surface area (Å²) in [6, 6.07) is 5.49. The van der Waals surface area contributed by atoms with Gasteiger partial charge in [-0.15, -0.1) is 0 Å². The van der Waals surface area contributed by atoms with Crippen LogP contribution in [0.3, 0.4) is 0 Å². The first kappa shape index (κ1) is 16.5. The van der Waals surface area contributed by atoms with Crippen molar-refractivity contribution in [2.45, 2.75) is 45.8 Å². The lowest BCUT2D eigenvalue weighted by molar-refractivity contribution is -0.00938. The van der Waals surface area contributed by atoms with Crippen LogP contribution < -0.4 is 0 Å². The second-order valence-corrected chi connectivity index (χ2v) is 7.00. The maximum absolute atomic E-state index is 11.5. The summed E-state index contributed by atoms with van der Waals surface area (Å²) in [5.41, 5.74) is 1.61. The van der Waals surface area contributed by atoms with E-state index < -0.39 is 0 Å². The van der Waals surface area contributed by atoms with Gasteiger partial charge >= 0.3 is 5.97 Å². The molecule has 0 spiro atoms. The minimum absolute atomic E-state index is 0.321. The molecule has 0 heterocycles. The number of hydrogen-bond donors (Lipinski definition) is 0. The largest absolute Gasteiger partial charge is 0.465 e. The summed E-state index contributed by atoms with van der Waals surface area (Å²) in [5.74, 6) is 1.16. The third-order valence-corrected chi connectivity index (χ3v) is 4.82. The van der Waals surface area contributed by atoms with Gasteiger partial charge in [0.15, 0.2) is 0 Å². The fourth-order valence-electron chi connectivity index (χ4n) is 3.13. The summed E-state index contributed by atoms with van der Waals surface area (Å²) in [7, 11) is 1.39. The van der Waals surface area contributed by atoms with E-state index in [4.69, 9.17) is 9.47 Å². The van der Waals surface area contributed by atoms with Gasteiger partial charge in [-0.3, -0.25) is 0 Å². The predicted molar refractivity (Wildman–Crippen MR) is 86.2 cm³/mol. The number of hydrogen-bond acceptors (Lipinski definition) is 3. The van der Waals surface area contributed by atoms with Gasteiger partial charge in [0, 0.05) is 4.47 Å². The quantitative estimate of drug-likeness (QED) is 0.742. The highest BCUT2D eigenvalue weighted by Crippen LogP contribution is 2.31. The fraction of sp³-hybridized carbons (Fsp3) is 0.588. The number of esters is 1. The SMILES string of the molecule is COC(=O)c1ccc(COC2CC(C)CC(C)C2)c(Br)c1. The van der Waals surface area contributed by atoms with Crippen LogP contribution >= 0.6 is 15.9 Å². The number of methoxy groups -OCH3 is 1. The van der Waals surface area contributed by atoms with Crippen LogP contribution in [-0.4, -0.2) is 19.2 Å². The Morgan fingerprint density at radius 1 is 1.24 bits per heavy atom. The molecule has 21 heavy (non-hydrogen) atoms. The Labute approximate surface area is 135 Å². The first-order chi connectivity index (χ1) is 9.99. The van der Waals surface area contributed by atoms with Crippen LogP contribution in [0, 0.1) is 11.8 Å². The third-order valence-electron chi connectivity index (χ3n) is 4.08. The Morgan fingerprint density at radius 3 is 2.48 bits per heavy atom. The Bertz CT molecular complexity index is 491. The molecule has 1 fully saturated rings. The Kier molecular flexibility index (Phi) is 5.82. The van der Waals surface area contributed by atoms with Crippen molar-refractivity contribution in [1.82, 2.24) is 0 Å². The highest BCUT2D eigenvalue weighted by molar-refractivity contribution is 9.10. The van der Waals surface area contributed by atoms with Crippen molar-refractivity contribution >= 4 is 21.9 Å². The van der Waals surface area contributed by atoms with Crippen LogP contribution in [0.1, 0.15) is 49.0 Å². The lowest BCUT2D eigenvalue weighted by Crippen LogP contribution is -2.26. The van der Waals surface area contributed by atoms with E-state index in [9.17, 15) is 4.79 Å². The van der Waals surface area contributed by atoms with Crippen molar-refractivity contribution in [3.63, 3.8) is 0 Å². The fourth-order valence-corrected chi connectivity index (χ4v) is 3.62. The second kappa shape index (κ2) is 7.41. The zero-order valence-corrected chi connectivity index (χ0v) is 14.5. The average molecular weight is 355 g/mol. The Balaban J connectivity index is 1.95. The van der Waals surface area contributed by atoms with Gasteiger partial charge in [0.25, 0.3) is 0 Å².